The van der Waals surface area contributed by atoms with Gasteiger partial charge in [0, 0.05) is 0 Å². The van der Waals surface area contributed by atoms with E-state index in [1.165, 1.54) is 12.1 Å². The van der Waals surface area contributed by atoms with Crippen LogP contribution in [0.3, 0.4) is 0 Å². The monoisotopic (exact) mass is 257 g/mol. The largest absolute Gasteiger partial charge is 0.416 e. The van der Waals surface area contributed by atoms with E-state index in [9.17, 15) is 13.2 Å². The van der Waals surface area contributed by atoms with Crippen molar-refractivity contribution >= 4 is 0 Å². The van der Waals surface area contributed by atoms with E-state index in [2.05, 4.69) is 12.2 Å². The smallest absolute Gasteiger partial charge is 0.316 e. The molecule has 1 fully saturated rings. The van der Waals surface area contributed by atoms with Crippen LogP contribution in [0.2, 0.25) is 0 Å². The third-order valence-corrected chi connectivity index (χ3v) is 3.47. The lowest BCUT2D eigenvalue weighted by molar-refractivity contribution is -0.137. The molecule has 2 atom stereocenters. The van der Waals surface area contributed by atoms with Crippen LogP contribution in [-0.4, -0.2) is 13.1 Å². The lowest BCUT2D eigenvalue weighted by atomic mass is 9.87. The Kier molecular flexibility index (Phi) is 3.95. The molecule has 18 heavy (non-hydrogen) atoms. The van der Waals surface area contributed by atoms with Crippen molar-refractivity contribution in [3.05, 3.63) is 35.4 Å². The molecule has 1 N–H and O–H groups in total. The second-order valence-corrected chi connectivity index (χ2v) is 5.26. The van der Waals surface area contributed by atoms with Gasteiger partial charge in [-0.2, -0.15) is 13.2 Å². The van der Waals surface area contributed by atoms with Crippen LogP contribution < -0.4 is 5.32 Å². The summed E-state index contributed by atoms with van der Waals surface area (Å²) in [6, 6.07) is 5.55. The van der Waals surface area contributed by atoms with E-state index in [1.807, 2.05) is 0 Å². The quantitative estimate of drug-likeness (QED) is 0.855. The topological polar surface area (TPSA) is 12.0 Å². The maximum Gasteiger partial charge on any atom is 0.416 e. The molecule has 0 radical (unpaired) electrons. The summed E-state index contributed by atoms with van der Waals surface area (Å²) in [5, 5.41) is 3.36. The van der Waals surface area contributed by atoms with Crippen molar-refractivity contribution in [3.8, 4) is 0 Å². The molecule has 100 valence electrons. The maximum absolute atomic E-state index is 12.4. The molecule has 0 saturated carbocycles. The highest BCUT2D eigenvalue weighted by molar-refractivity contribution is 5.25. The van der Waals surface area contributed by atoms with Crippen molar-refractivity contribution in [3.63, 3.8) is 0 Å². The summed E-state index contributed by atoms with van der Waals surface area (Å²) in [7, 11) is 0. The van der Waals surface area contributed by atoms with E-state index < -0.39 is 11.7 Å². The molecule has 4 heteroatoms. The van der Waals surface area contributed by atoms with Crippen molar-refractivity contribution in [2.24, 2.45) is 11.8 Å². The first-order valence-corrected chi connectivity index (χ1v) is 6.32. The molecule has 1 aromatic rings. The lowest BCUT2D eigenvalue weighted by Crippen LogP contribution is -2.35. The van der Waals surface area contributed by atoms with Crippen molar-refractivity contribution in [1.82, 2.24) is 5.32 Å². The Hall–Kier alpha value is -1.03. The Morgan fingerprint density at radius 2 is 1.83 bits per heavy atom. The average Bonchev–Trinajstić information content (AvgIpc) is 2.28. The summed E-state index contributed by atoms with van der Waals surface area (Å²) in [6.45, 7) is 4.21. The van der Waals surface area contributed by atoms with Crippen molar-refractivity contribution in [2.45, 2.75) is 25.9 Å². The van der Waals surface area contributed by atoms with E-state index in [0.29, 0.717) is 11.8 Å². The molecule has 0 amide bonds. The van der Waals surface area contributed by atoms with Gasteiger partial charge in [-0.1, -0.05) is 19.1 Å². The highest BCUT2D eigenvalue weighted by Crippen LogP contribution is 2.29. The predicted molar refractivity (Wildman–Crippen MR) is 65.3 cm³/mol. The standard InChI is InChI=1S/C14H18F3N/c1-10-6-12(9-18-8-10)7-11-2-4-13(5-3-11)14(15,16)17/h2-5,10,12,18H,6-9H2,1H3. The van der Waals surface area contributed by atoms with Crippen molar-refractivity contribution in [2.75, 3.05) is 13.1 Å². The summed E-state index contributed by atoms with van der Waals surface area (Å²) in [6.07, 6.45) is -2.23. The first-order valence-electron chi connectivity index (χ1n) is 6.32. The molecule has 2 rings (SSSR count). The fourth-order valence-corrected chi connectivity index (χ4v) is 2.59. The molecule has 1 nitrogen and oxygen atoms in total. The van der Waals surface area contributed by atoms with Crippen molar-refractivity contribution < 1.29 is 13.2 Å². The fourth-order valence-electron chi connectivity index (χ4n) is 2.59. The number of halogens is 3. The minimum Gasteiger partial charge on any atom is -0.316 e. The van der Waals surface area contributed by atoms with Gasteiger partial charge in [0.25, 0.3) is 0 Å². The molecule has 0 aliphatic carbocycles. The lowest BCUT2D eigenvalue weighted by Gasteiger charge is -2.27. The summed E-state index contributed by atoms with van der Waals surface area (Å²) in [5.74, 6) is 1.18. The molecule has 1 aliphatic heterocycles. The molecule has 0 bridgehead atoms. The van der Waals surface area contributed by atoms with Crippen LogP contribution in [0.15, 0.2) is 24.3 Å². The fraction of sp³-hybridized carbons (Fsp3) is 0.571. The van der Waals surface area contributed by atoms with E-state index in [-0.39, 0.29) is 0 Å². The van der Waals surface area contributed by atoms with Gasteiger partial charge in [-0.05, 0) is 55.5 Å². The Morgan fingerprint density at radius 3 is 2.39 bits per heavy atom. The molecule has 0 spiro atoms. The summed E-state index contributed by atoms with van der Waals surface area (Å²) >= 11 is 0. The number of benzene rings is 1. The molecule has 1 saturated heterocycles. The zero-order chi connectivity index (χ0) is 13.2. The first-order chi connectivity index (χ1) is 8.45. The number of alkyl halides is 3. The summed E-state index contributed by atoms with van der Waals surface area (Å²) in [5.41, 5.74) is 0.422. The second-order valence-electron chi connectivity index (χ2n) is 5.26. The van der Waals surface area contributed by atoms with Crippen LogP contribution in [0.25, 0.3) is 0 Å². The zero-order valence-corrected chi connectivity index (χ0v) is 10.4. The molecule has 1 heterocycles. The van der Waals surface area contributed by atoms with Gasteiger partial charge in [-0.25, -0.2) is 0 Å². The molecule has 1 aromatic carbocycles. The number of rotatable bonds is 2. The number of hydrogen-bond donors (Lipinski definition) is 1. The Morgan fingerprint density at radius 1 is 1.17 bits per heavy atom. The van der Waals surface area contributed by atoms with Gasteiger partial charge >= 0.3 is 6.18 Å². The number of piperidine rings is 1. The zero-order valence-electron chi connectivity index (χ0n) is 10.4. The van der Waals surface area contributed by atoms with Gasteiger partial charge < -0.3 is 5.32 Å². The second kappa shape index (κ2) is 5.31. The van der Waals surface area contributed by atoms with Crippen LogP contribution in [0.1, 0.15) is 24.5 Å². The van der Waals surface area contributed by atoms with Gasteiger partial charge in [0.1, 0.15) is 0 Å². The summed E-state index contributed by atoms with van der Waals surface area (Å²) in [4.78, 5) is 0. The van der Waals surface area contributed by atoms with Crippen molar-refractivity contribution in [1.29, 1.82) is 0 Å². The van der Waals surface area contributed by atoms with Crippen LogP contribution in [0.4, 0.5) is 13.2 Å². The van der Waals surface area contributed by atoms with Crippen LogP contribution in [-0.2, 0) is 12.6 Å². The molecule has 2 unspecified atom stereocenters. The Labute approximate surface area is 105 Å². The third-order valence-electron chi connectivity index (χ3n) is 3.47. The minimum atomic E-state index is -4.24. The molecule has 1 aliphatic rings. The van der Waals surface area contributed by atoms with Gasteiger partial charge in [-0.3, -0.25) is 0 Å². The van der Waals surface area contributed by atoms with Gasteiger partial charge in [0.15, 0.2) is 0 Å². The normalized spacial score (nSPS) is 25.1. The van der Waals surface area contributed by atoms with E-state index >= 15 is 0 Å². The average molecular weight is 257 g/mol. The third kappa shape index (κ3) is 3.48. The Bertz CT molecular complexity index is 383. The predicted octanol–water partition coefficient (Wildman–Crippen LogP) is 3.49. The maximum atomic E-state index is 12.4. The van der Waals surface area contributed by atoms with Gasteiger partial charge in [-0.15, -0.1) is 0 Å². The highest BCUT2D eigenvalue weighted by Gasteiger charge is 2.30. The highest BCUT2D eigenvalue weighted by atomic mass is 19.4. The van der Waals surface area contributed by atoms with Gasteiger partial charge in [0.2, 0.25) is 0 Å². The molecule has 0 aromatic heterocycles. The van der Waals surface area contributed by atoms with E-state index in [1.54, 1.807) is 12.1 Å². The van der Waals surface area contributed by atoms with Crippen LogP contribution >= 0.6 is 0 Å². The first kappa shape index (κ1) is 13.4. The molecular weight excluding hydrogens is 239 g/mol. The minimum absolute atomic E-state index is 0.533. The molecular formula is C14H18F3N. The number of hydrogen-bond acceptors (Lipinski definition) is 1. The number of nitrogens with one attached hydrogen (secondary N) is 1. The summed E-state index contributed by atoms with van der Waals surface area (Å²) < 4.78 is 37.3. The SMILES string of the molecule is CC1CNCC(Cc2ccc(C(F)(F)F)cc2)C1. The Balaban J connectivity index is 1.98. The van der Waals surface area contributed by atoms with Crippen LogP contribution in [0.5, 0.6) is 0 Å². The van der Waals surface area contributed by atoms with E-state index in [0.717, 1.165) is 31.5 Å². The van der Waals surface area contributed by atoms with E-state index in [4.69, 9.17) is 0 Å². The van der Waals surface area contributed by atoms with Gasteiger partial charge in [0.05, 0.1) is 5.56 Å². The van der Waals surface area contributed by atoms with Crippen LogP contribution in [0, 0.1) is 11.8 Å².